The molecule has 1 aromatic carbocycles. The van der Waals surface area contributed by atoms with E-state index in [4.69, 9.17) is 15.2 Å². The maximum Gasteiger partial charge on any atom is 0.254 e. The summed E-state index contributed by atoms with van der Waals surface area (Å²) in [5.74, 6) is 0.926. The van der Waals surface area contributed by atoms with Gasteiger partial charge in [-0.3, -0.25) is 4.79 Å². The van der Waals surface area contributed by atoms with E-state index in [0.29, 0.717) is 37.6 Å². The molecule has 0 atom stereocenters. The SMILES string of the molecule is COCCOc1ccc(C(=O)N2CCc3cnc(N)nc3C2)cc1. The Morgan fingerprint density at radius 3 is 2.83 bits per heavy atom. The summed E-state index contributed by atoms with van der Waals surface area (Å²) in [4.78, 5) is 22.7. The van der Waals surface area contributed by atoms with E-state index in [1.54, 1.807) is 42.5 Å². The van der Waals surface area contributed by atoms with Crippen molar-refractivity contribution in [2.24, 2.45) is 0 Å². The quantitative estimate of drug-likeness (QED) is 0.832. The van der Waals surface area contributed by atoms with Crippen LogP contribution >= 0.6 is 0 Å². The number of hydrogen-bond donors (Lipinski definition) is 1. The van der Waals surface area contributed by atoms with Gasteiger partial charge in [-0.05, 0) is 36.2 Å². The summed E-state index contributed by atoms with van der Waals surface area (Å²) in [7, 11) is 1.63. The minimum absolute atomic E-state index is 0.0266. The van der Waals surface area contributed by atoms with Crippen molar-refractivity contribution in [3.63, 3.8) is 0 Å². The number of benzene rings is 1. The van der Waals surface area contributed by atoms with Crippen LogP contribution in [0.25, 0.3) is 0 Å². The summed E-state index contributed by atoms with van der Waals surface area (Å²) in [6, 6.07) is 7.13. The highest BCUT2D eigenvalue weighted by atomic mass is 16.5. The first-order chi connectivity index (χ1) is 11.7. The number of rotatable bonds is 5. The molecule has 2 heterocycles. The molecule has 0 saturated carbocycles. The molecular weight excluding hydrogens is 308 g/mol. The number of methoxy groups -OCH3 is 1. The highest BCUT2D eigenvalue weighted by Crippen LogP contribution is 2.20. The van der Waals surface area contributed by atoms with Gasteiger partial charge in [-0.1, -0.05) is 0 Å². The smallest absolute Gasteiger partial charge is 0.254 e. The molecule has 0 saturated heterocycles. The number of aromatic nitrogens is 2. The van der Waals surface area contributed by atoms with Crippen LogP contribution in [-0.4, -0.2) is 47.6 Å². The van der Waals surface area contributed by atoms with Gasteiger partial charge in [0, 0.05) is 25.4 Å². The normalized spacial score (nSPS) is 13.5. The van der Waals surface area contributed by atoms with Crippen molar-refractivity contribution in [1.29, 1.82) is 0 Å². The molecule has 1 aliphatic rings. The third-order valence-corrected chi connectivity index (χ3v) is 3.91. The van der Waals surface area contributed by atoms with Crippen molar-refractivity contribution in [2.45, 2.75) is 13.0 Å². The molecule has 0 radical (unpaired) electrons. The molecule has 0 unspecified atom stereocenters. The molecule has 2 N–H and O–H groups in total. The molecule has 24 heavy (non-hydrogen) atoms. The number of nitrogens with two attached hydrogens (primary N) is 1. The highest BCUT2D eigenvalue weighted by Gasteiger charge is 2.23. The minimum atomic E-state index is -0.0266. The van der Waals surface area contributed by atoms with E-state index < -0.39 is 0 Å². The fraction of sp³-hybridized carbons (Fsp3) is 0.353. The van der Waals surface area contributed by atoms with Crippen molar-refractivity contribution in [2.75, 3.05) is 32.6 Å². The van der Waals surface area contributed by atoms with Crippen molar-refractivity contribution < 1.29 is 14.3 Å². The molecule has 126 valence electrons. The number of fused-ring (bicyclic) bond motifs is 1. The maximum absolute atomic E-state index is 12.7. The topological polar surface area (TPSA) is 90.6 Å². The van der Waals surface area contributed by atoms with Gasteiger partial charge < -0.3 is 20.1 Å². The van der Waals surface area contributed by atoms with Gasteiger partial charge in [-0.2, -0.15) is 0 Å². The molecule has 0 aliphatic carbocycles. The van der Waals surface area contributed by atoms with Crippen molar-refractivity contribution in [1.82, 2.24) is 14.9 Å². The van der Waals surface area contributed by atoms with E-state index >= 15 is 0 Å². The minimum Gasteiger partial charge on any atom is -0.491 e. The Morgan fingerprint density at radius 2 is 2.08 bits per heavy atom. The fourth-order valence-electron chi connectivity index (χ4n) is 2.61. The second-order valence-electron chi connectivity index (χ2n) is 5.54. The van der Waals surface area contributed by atoms with Crippen LogP contribution < -0.4 is 10.5 Å². The van der Waals surface area contributed by atoms with Gasteiger partial charge in [0.05, 0.1) is 18.8 Å². The monoisotopic (exact) mass is 328 g/mol. The fourth-order valence-corrected chi connectivity index (χ4v) is 2.61. The van der Waals surface area contributed by atoms with E-state index in [1.165, 1.54) is 0 Å². The Balaban J connectivity index is 1.66. The summed E-state index contributed by atoms with van der Waals surface area (Å²) in [5.41, 5.74) is 8.13. The van der Waals surface area contributed by atoms with E-state index in [-0.39, 0.29) is 11.9 Å². The van der Waals surface area contributed by atoms with E-state index in [2.05, 4.69) is 9.97 Å². The lowest BCUT2D eigenvalue weighted by Crippen LogP contribution is -2.36. The first-order valence-electron chi connectivity index (χ1n) is 7.78. The molecule has 0 bridgehead atoms. The van der Waals surface area contributed by atoms with Crippen LogP contribution in [0.5, 0.6) is 5.75 Å². The van der Waals surface area contributed by atoms with Crippen LogP contribution in [0.4, 0.5) is 5.95 Å². The molecule has 0 spiro atoms. The Morgan fingerprint density at radius 1 is 1.29 bits per heavy atom. The van der Waals surface area contributed by atoms with Crippen LogP contribution in [0.1, 0.15) is 21.6 Å². The summed E-state index contributed by atoms with van der Waals surface area (Å²) in [6.07, 6.45) is 2.48. The Bertz CT molecular complexity index is 718. The Kier molecular flexibility index (Phi) is 4.90. The molecule has 1 aliphatic heterocycles. The van der Waals surface area contributed by atoms with Crippen LogP contribution in [0.2, 0.25) is 0 Å². The number of nitrogen functional groups attached to an aromatic ring is 1. The third-order valence-electron chi connectivity index (χ3n) is 3.91. The average Bonchev–Trinajstić information content (AvgIpc) is 2.61. The number of amides is 1. The van der Waals surface area contributed by atoms with Gasteiger partial charge in [0.15, 0.2) is 0 Å². The van der Waals surface area contributed by atoms with Gasteiger partial charge in [-0.25, -0.2) is 9.97 Å². The molecule has 0 fully saturated rings. The summed E-state index contributed by atoms with van der Waals surface area (Å²) < 4.78 is 10.4. The van der Waals surface area contributed by atoms with E-state index in [9.17, 15) is 4.79 Å². The number of ether oxygens (including phenoxy) is 2. The van der Waals surface area contributed by atoms with Gasteiger partial charge in [0.1, 0.15) is 12.4 Å². The molecule has 7 heteroatoms. The van der Waals surface area contributed by atoms with Gasteiger partial charge in [-0.15, -0.1) is 0 Å². The van der Waals surface area contributed by atoms with Crippen LogP contribution in [0.15, 0.2) is 30.5 Å². The molecule has 1 amide bonds. The van der Waals surface area contributed by atoms with Crippen LogP contribution in [0, 0.1) is 0 Å². The first kappa shape index (κ1) is 16.2. The predicted octanol–water partition coefficient (Wildman–Crippen LogP) is 1.28. The van der Waals surface area contributed by atoms with Crippen LogP contribution in [-0.2, 0) is 17.7 Å². The lowest BCUT2D eigenvalue weighted by atomic mass is 10.1. The largest absolute Gasteiger partial charge is 0.491 e. The second-order valence-corrected chi connectivity index (χ2v) is 5.54. The second kappa shape index (κ2) is 7.27. The molecular formula is C17H20N4O3. The summed E-state index contributed by atoms with van der Waals surface area (Å²) in [6.45, 7) is 2.10. The zero-order valence-electron chi connectivity index (χ0n) is 13.6. The lowest BCUT2D eigenvalue weighted by Gasteiger charge is -2.28. The van der Waals surface area contributed by atoms with Gasteiger partial charge >= 0.3 is 0 Å². The molecule has 1 aromatic heterocycles. The zero-order chi connectivity index (χ0) is 16.9. The molecule has 3 rings (SSSR count). The predicted molar refractivity (Wildman–Crippen MR) is 88.7 cm³/mol. The van der Waals surface area contributed by atoms with Crippen LogP contribution in [0.3, 0.4) is 0 Å². The van der Waals surface area contributed by atoms with Gasteiger partial charge in [0.25, 0.3) is 5.91 Å². The highest BCUT2D eigenvalue weighted by molar-refractivity contribution is 5.94. The number of anilines is 1. The zero-order valence-corrected chi connectivity index (χ0v) is 13.6. The first-order valence-corrected chi connectivity index (χ1v) is 7.78. The summed E-state index contributed by atoms with van der Waals surface area (Å²) >= 11 is 0. The lowest BCUT2D eigenvalue weighted by molar-refractivity contribution is 0.0731. The van der Waals surface area contributed by atoms with Crippen molar-refractivity contribution >= 4 is 11.9 Å². The number of carbonyl (C=O) groups excluding carboxylic acids is 1. The Labute approximate surface area is 140 Å². The number of hydrogen-bond acceptors (Lipinski definition) is 6. The van der Waals surface area contributed by atoms with Gasteiger partial charge in [0.2, 0.25) is 5.95 Å². The number of nitrogens with zero attached hydrogens (tertiary/aromatic N) is 3. The maximum atomic E-state index is 12.7. The molecule has 2 aromatic rings. The summed E-state index contributed by atoms with van der Waals surface area (Å²) in [5, 5.41) is 0. The van der Waals surface area contributed by atoms with E-state index in [1.807, 2.05) is 0 Å². The molecule has 7 nitrogen and oxygen atoms in total. The van der Waals surface area contributed by atoms with Crippen molar-refractivity contribution in [3.8, 4) is 5.75 Å². The third kappa shape index (κ3) is 3.62. The number of carbonyl (C=O) groups is 1. The standard InChI is InChI=1S/C17H20N4O3/c1-23-8-9-24-14-4-2-12(3-5-14)16(22)21-7-6-13-10-19-17(18)20-15(13)11-21/h2-5,10H,6-9,11H2,1H3,(H2,18,19,20). The average molecular weight is 328 g/mol. The van der Waals surface area contributed by atoms with Crippen molar-refractivity contribution in [3.05, 3.63) is 47.3 Å². The Hall–Kier alpha value is -2.67. The van der Waals surface area contributed by atoms with E-state index in [0.717, 1.165) is 17.7 Å².